The van der Waals surface area contributed by atoms with Gasteiger partial charge in [0, 0.05) is 33.0 Å². The summed E-state index contributed by atoms with van der Waals surface area (Å²) < 4.78 is 6.43. The number of aromatic nitrogens is 3. The largest absolute Gasteiger partial charge is 0.455 e. The Kier molecular flexibility index (Phi) is 5.78. The molecule has 0 aliphatic rings. The molecule has 0 N–H and O–H groups in total. The monoisotopic (exact) mass is 575 g/mol. The van der Waals surface area contributed by atoms with Crippen molar-refractivity contribution < 1.29 is 4.42 Å². The summed E-state index contributed by atoms with van der Waals surface area (Å²) in [5, 5.41) is 6.91. The van der Waals surface area contributed by atoms with Gasteiger partial charge in [0.05, 0.1) is 0 Å². The van der Waals surface area contributed by atoms with Crippen molar-refractivity contribution in [2.75, 3.05) is 0 Å². The molecule has 0 saturated carbocycles. The van der Waals surface area contributed by atoms with Gasteiger partial charge in [0.1, 0.15) is 11.2 Å². The highest BCUT2D eigenvalue weighted by Gasteiger charge is 2.16. The lowest BCUT2D eigenvalue weighted by Gasteiger charge is -2.10. The van der Waals surface area contributed by atoms with Crippen LogP contribution in [-0.2, 0) is 0 Å². The van der Waals surface area contributed by atoms with Crippen LogP contribution in [0.1, 0.15) is 0 Å². The second kappa shape index (κ2) is 10.2. The summed E-state index contributed by atoms with van der Waals surface area (Å²) in [7, 11) is 0. The Morgan fingerprint density at radius 2 is 0.956 bits per heavy atom. The number of furan rings is 1. The third-order valence-corrected chi connectivity index (χ3v) is 8.51. The molecule has 7 aromatic carbocycles. The maximum absolute atomic E-state index is 6.43. The molecule has 2 aromatic heterocycles. The fourth-order valence-electron chi connectivity index (χ4n) is 6.29. The van der Waals surface area contributed by atoms with Crippen LogP contribution in [-0.4, -0.2) is 15.0 Å². The van der Waals surface area contributed by atoms with E-state index in [4.69, 9.17) is 19.4 Å². The van der Waals surface area contributed by atoms with Crippen molar-refractivity contribution in [2.24, 2.45) is 0 Å². The molecule has 0 radical (unpaired) electrons. The molecule has 9 rings (SSSR count). The minimum Gasteiger partial charge on any atom is -0.455 e. The molecule has 0 aliphatic carbocycles. The summed E-state index contributed by atoms with van der Waals surface area (Å²) in [6, 6.07) is 52.2. The maximum atomic E-state index is 6.43. The number of rotatable bonds is 4. The standard InChI is InChI=1S/C41H25N3O/c1-3-10-26(11-4-1)34-16-9-17-35-36-25-31(21-23-37(36)45-38(34)35)41-43-39(28-13-5-2-6-14-28)42-40(44-41)30-20-22-33-29(24-30)19-18-27-12-7-8-15-32(27)33/h1-25H. The molecule has 4 nitrogen and oxygen atoms in total. The van der Waals surface area contributed by atoms with Crippen molar-refractivity contribution in [2.45, 2.75) is 0 Å². The molecule has 0 saturated heterocycles. The molecule has 4 heteroatoms. The first-order valence-electron chi connectivity index (χ1n) is 15.0. The minimum atomic E-state index is 0.618. The molecule has 0 fully saturated rings. The Labute approximate surface area is 259 Å². The number of nitrogens with zero attached hydrogens (tertiary/aromatic N) is 3. The predicted octanol–water partition coefficient (Wildman–Crippen LogP) is 10.7. The first kappa shape index (κ1) is 25.4. The highest BCUT2D eigenvalue weighted by atomic mass is 16.3. The molecule has 0 spiro atoms. The smallest absolute Gasteiger partial charge is 0.164 e. The highest BCUT2D eigenvalue weighted by molar-refractivity contribution is 6.11. The Balaban J connectivity index is 1.22. The van der Waals surface area contributed by atoms with Gasteiger partial charge in [-0.05, 0) is 51.4 Å². The Bertz CT molecular complexity index is 2540. The fraction of sp³-hybridized carbons (Fsp3) is 0. The van der Waals surface area contributed by atoms with E-state index in [1.165, 1.54) is 16.2 Å². The molecular weight excluding hydrogens is 550 g/mol. The van der Waals surface area contributed by atoms with E-state index in [1.54, 1.807) is 0 Å². The van der Waals surface area contributed by atoms with E-state index in [2.05, 4.69) is 103 Å². The van der Waals surface area contributed by atoms with Gasteiger partial charge >= 0.3 is 0 Å². The lowest BCUT2D eigenvalue weighted by atomic mass is 10.00. The second-order valence-corrected chi connectivity index (χ2v) is 11.3. The average molecular weight is 576 g/mol. The van der Waals surface area contributed by atoms with Crippen molar-refractivity contribution in [3.05, 3.63) is 152 Å². The summed E-state index contributed by atoms with van der Waals surface area (Å²) in [5.74, 6) is 1.89. The van der Waals surface area contributed by atoms with Crippen molar-refractivity contribution in [3.8, 4) is 45.3 Å². The zero-order valence-electron chi connectivity index (χ0n) is 24.2. The van der Waals surface area contributed by atoms with Crippen LogP contribution in [0.25, 0.3) is 88.8 Å². The molecule has 210 valence electrons. The molecule has 9 aromatic rings. The quantitative estimate of drug-likeness (QED) is 0.196. The predicted molar refractivity (Wildman–Crippen MR) is 184 cm³/mol. The van der Waals surface area contributed by atoms with Crippen molar-refractivity contribution in [1.29, 1.82) is 0 Å². The van der Waals surface area contributed by atoms with E-state index in [1.807, 2.05) is 48.5 Å². The van der Waals surface area contributed by atoms with Crippen LogP contribution in [0, 0.1) is 0 Å². The Morgan fingerprint density at radius 3 is 1.76 bits per heavy atom. The number of fused-ring (bicyclic) bond motifs is 6. The van der Waals surface area contributed by atoms with E-state index in [0.29, 0.717) is 17.5 Å². The third kappa shape index (κ3) is 4.35. The highest BCUT2D eigenvalue weighted by Crippen LogP contribution is 2.38. The number of hydrogen-bond acceptors (Lipinski definition) is 4. The number of hydrogen-bond donors (Lipinski definition) is 0. The molecule has 0 atom stereocenters. The summed E-state index contributed by atoms with van der Waals surface area (Å²) in [4.78, 5) is 15.0. The van der Waals surface area contributed by atoms with E-state index in [-0.39, 0.29) is 0 Å². The van der Waals surface area contributed by atoms with Crippen LogP contribution in [0.5, 0.6) is 0 Å². The van der Waals surface area contributed by atoms with Gasteiger partial charge in [-0.15, -0.1) is 0 Å². The zero-order valence-corrected chi connectivity index (χ0v) is 24.2. The molecule has 0 amide bonds. The molecule has 45 heavy (non-hydrogen) atoms. The normalized spacial score (nSPS) is 11.6. The van der Waals surface area contributed by atoms with Gasteiger partial charge < -0.3 is 4.42 Å². The molecule has 2 heterocycles. The SMILES string of the molecule is c1ccc(-c2nc(-c3ccc4c(ccc5ccccc54)c3)nc(-c3ccc4oc5c(-c6ccccc6)cccc5c4c3)n2)cc1. The van der Waals surface area contributed by atoms with Crippen LogP contribution in [0.15, 0.2) is 156 Å². The van der Waals surface area contributed by atoms with Crippen molar-refractivity contribution >= 4 is 43.5 Å². The second-order valence-electron chi connectivity index (χ2n) is 11.3. The van der Waals surface area contributed by atoms with Crippen LogP contribution in [0.4, 0.5) is 0 Å². The lowest BCUT2D eigenvalue weighted by molar-refractivity contribution is 0.670. The third-order valence-electron chi connectivity index (χ3n) is 8.51. The van der Waals surface area contributed by atoms with Gasteiger partial charge in [-0.2, -0.15) is 0 Å². The summed E-state index contributed by atoms with van der Waals surface area (Å²) in [6.07, 6.45) is 0. The Morgan fingerprint density at radius 1 is 0.356 bits per heavy atom. The molecule has 0 unspecified atom stereocenters. The first-order valence-corrected chi connectivity index (χ1v) is 15.0. The van der Waals surface area contributed by atoms with Gasteiger partial charge in [0.25, 0.3) is 0 Å². The zero-order chi connectivity index (χ0) is 29.7. The van der Waals surface area contributed by atoms with Gasteiger partial charge in [-0.25, -0.2) is 15.0 Å². The first-order chi connectivity index (χ1) is 22.3. The minimum absolute atomic E-state index is 0.618. The van der Waals surface area contributed by atoms with Gasteiger partial charge in [0.2, 0.25) is 0 Å². The lowest BCUT2D eigenvalue weighted by Crippen LogP contribution is -2.00. The van der Waals surface area contributed by atoms with Crippen LogP contribution in [0.2, 0.25) is 0 Å². The van der Waals surface area contributed by atoms with Gasteiger partial charge in [-0.3, -0.25) is 0 Å². The van der Waals surface area contributed by atoms with Gasteiger partial charge in [-0.1, -0.05) is 127 Å². The van der Waals surface area contributed by atoms with Crippen LogP contribution in [0.3, 0.4) is 0 Å². The van der Waals surface area contributed by atoms with E-state index in [9.17, 15) is 0 Å². The summed E-state index contributed by atoms with van der Waals surface area (Å²) >= 11 is 0. The molecule has 0 bridgehead atoms. The van der Waals surface area contributed by atoms with Crippen molar-refractivity contribution in [3.63, 3.8) is 0 Å². The number of para-hydroxylation sites is 1. The maximum Gasteiger partial charge on any atom is 0.164 e. The van der Waals surface area contributed by atoms with Crippen LogP contribution < -0.4 is 0 Å². The summed E-state index contributed by atoms with van der Waals surface area (Å²) in [5.41, 5.74) is 6.70. The fourth-order valence-corrected chi connectivity index (χ4v) is 6.29. The molecular formula is C41H25N3O. The van der Waals surface area contributed by atoms with Gasteiger partial charge in [0.15, 0.2) is 17.5 Å². The van der Waals surface area contributed by atoms with E-state index in [0.717, 1.165) is 55.1 Å². The average Bonchev–Trinajstić information content (AvgIpc) is 3.50. The molecule has 0 aliphatic heterocycles. The summed E-state index contributed by atoms with van der Waals surface area (Å²) in [6.45, 7) is 0. The Hall–Kier alpha value is -6.13. The van der Waals surface area contributed by atoms with E-state index >= 15 is 0 Å². The van der Waals surface area contributed by atoms with Crippen LogP contribution >= 0.6 is 0 Å². The van der Waals surface area contributed by atoms with E-state index < -0.39 is 0 Å². The number of benzene rings is 7. The van der Waals surface area contributed by atoms with Crippen molar-refractivity contribution in [1.82, 2.24) is 15.0 Å². The topological polar surface area (TPSA) is 51.8 Å².